The molecule has 0 saturated carbocycles. The molecule has 0 aliphatic heterocycles. The van der Waals surface area contributed by atoms with E-state index in [0.717, 1.165) is 11.3 Å². The van der Waals surface area contributed by atoms with Gasteiger partial charge in [0.25, 0.3) is 15.9 Å². The van der Waals surface area contributed by atoms with Crippen molar-refractivity contribution in [2.45, 2.75) is 17.2 Å². The molecule has 2 aromatic heterocycles. The molecule has 0 bridgehead atoms. The molecule has 154 valence electrons. The second-order valence-electron chi connectivity index (χ2n) is 6.29. The zero-order chi connectivity index (χ0) is 21.1. The van der Waals surface area contributed by atoms with Crippen LogP contribution in [-0.4, -0.2) is 18.6 Å². The summed E-state index contributed by atoms with van der Waals surface area (Å²) in [5.41, 5.74) is 1.12. The van der Waals surface area contributed by atoms with Crippen LogP contribution in [0.3, 0.4) is 0 Å². The SMILES string of the molecule is CC(Oc1cccc(Cl)c1)c1nc(-c2ccc(NS(=O)(=O)c3cccs3)cc2)no1. The first-order valence-corrected chi connectivity index (χ1v) is 11.6. The molecule has 2 aromatic carbocycles. The van der Waals surface area contributed by atoms with E-state index in [2.05, 4.69) is 14.9 Å². The number of sulfonamides is 1. The number of nitrogens with one attached hydrogen (secondary N) is 1. The summed E-state index contributed by atoms with van der Waals surface area (Å²) in [5, 5.41) is 6.26. The maximum Gasteiger partial charge on any atom is 0.271 e. The second kappa shape index (κ2) is 8.47. The Labute approximate surface area is 182 Å². The first-order chi connectivity index (χ1) is 14.4. The molecule has 0 aliphatic carbocycles. The van der Waals surface area contributed by atoms with E-state index in [0.29, 0.717) is 33.7 Å². The lowest BCUT2D eigenvalue weighted by Gasteiger charge is -2.10. The van der Waals surface area contributed by atoms with Crippen LogP contribution >= 0.6 is 22.9 Å². The average Bonchev–Trinajstić information content (AvgIpc) is 3.41. The van der Waals surface area contributed by atoms with Gasteiger partial charge in [0, 0.05) is 16.3 Å². The molecule has 0 radical (unpaired) electrons. The largest absolute Gasteiger partial charge is 0.481 e. The predicted octanol–water partition coefficient (Wildman–Crippen LogP) is 5.39. The van der Waals surface area contributed by atoms with Crippen LogP contribution in [-0.2, 0) is 10.0 Å². The Bertz CT molecular complexity index is 1240. The van der Waals surface area contributed by atoms with E-state index >= 15 is 0 Å². The van der Waals surface area contributed by atoms with Crippen LogP contribution in [0.15, 0.2) is 74.8 Å². The zero-order valence-electron chi connectivity index (χ0n) is 15.7. The summed E-state index contributed by atoms with van der Waals surface area (Å²) in [6, 6.07) is 17.0. The number of hydrogen-bond acceptors (Lipinski definition) is 7. The molecule has 0 aliphatic rings. The normalized spacial score (nSPS) is 12.5. The Morgan fingerprint density at radius 1 is 1.13 bits per heavy atom. The first-order valence-electron chi connectivity index (χ1n) is 8.83. The van der Waals surface area contributed by atoms with Gasteiger partial charge >= 0.3 is 0 Å². The number of hydrogen-bond donors (Lipinski definition) is 1. The smallest absolute Gasteiger partial charge is 0.271 e. The Balaban J connectivity index is 1.46. The van der Waals surface area contributed by atoms with Gasteiger partial charge in [-0.1, -0.05) is 28.9 Å². The molecule has 7 nitrogen and oxygen atoms in total. The molecule has 0 spiro atoms. The molecule has 2 heterocycles. The van der Waals surface area contributed by atoms with E-state index in [1.165, 1.54) is 0 Å². The molecule has 0 fully saturated rings. The Kier molecular flexibility index (Phi) is 5.76. The van der Waals surface area contributed by atoms with Crippen molar-refractivity contribution < 1.29 is 17.7 Å². The number of anilines is 1. The number of ether oxygens (including phenoxy) is 1. The van der Waals surface area contributed by atoms with Gasteiger partial charge in [0.2, 0.25) is 5.82 Å². The highest BCUT2D eigenvalue weighted by Gasteiger charge is 2.18. The minimum absolute atomic E-state index is 0.253. The average molecular weight is 462 g/mol. The van der Waals surface area contributed by atoms with E-state index in [1.807, 2.05) is 0 Å². The number of halogens is 1. The maximum atomic E-state index is 12.3. The third-order valence-electron chi connectivity index (χ3n) is 4.05. The molecule has 1 N–H and O–H groups in total. The summed E-state index contributed by atoms with van der Waals surface area (Å²) in [6.07, 6.45) is -0.471. The summed E-state index contributed by atoms with van der Waals surface area (Å²) in [7, 11) is -3.59. The molecule has 1 unspecified atom stereocenters. The fourth-order valence-corrected chi connectivity index (χ4v) is 4.85. The van der Waals surface area contributed by atoms with Gasteiger partial charge in [-0.15, -0.1) is 11.3 Å². The van der Waals surface area contributed by atoms with Gasteiger partial charge < -0.3 is 9.26 Å². The van der Waals surface area contributed by atoms with Crippen LogP contribution in [0.2, 0.25) is 5.02 Å². The molecule has 4 rings (SSSR count). The molecule has 4 aromatic rings. The van der Waals surface area contributed by atoms with Gasteiger partial charge in [0.05, 0.1) is 0 Å². The van der Waals surface area contributed by atoms with E-state index in [9.17, 15) is 8.42 Å². The second-order valence-corrected chi connectivity index (χ2v) is 9.58. The van der Waals surface area contributed by atoms with Crippen molar-refractivity contribution in [2.24, 2.45) is 0 Å². The number of thiophene rings is 1. The van der Waals surface area contributed by atoms with Crippen molar-refractivity contribution in [1.82, 2.24) is 10.1 Å². The van der Waals surface area contributed by atoms with E-state index in [-0.39, 0.29) is 4.21 Å². The minimum Gasteiger partial charge on any atom is -0.481 e. The van der Waals surface area contributed by atoms with Crippen molar-refractivity contribution in [3.63, 3.8) is 0 Å². The lowest BCUT2D eigenvalue weighted by molar-refractivity contribution is 0.176. The van der Waals surface area contributed by atoms with Crippen molar-refractivity contribution in [2.75, 3.05) is 4.72 Å². The van der Waals surface area contributed by atoms with Crippen LogP contribution in [0, 0.1) is 0 Å². The Morgan fingerprint density at radius 3 is 2.63 bits per heavy atom. The third kappa shape index (κ3) is 4.64. The molecule has 0 amide bonds. The van der Waals surface area contributed by atoms with E-state index in [4.69, 9.17) is 20.9 Å². The minimum atomic E-state index is -3.59. The highest BCUT2D eigenvalue weighted by molar-refractivity contribution is 7.94. The maximum absolute atomic E-state index is 12.3. The first kappa shape index (κ1) is 20.4. The van der Waals surface area contributed by atoms with Crippen LogP contribution in [0.1, 0.15) is 18.9 Å². The van der Waals surface area contributed by atoms with Crippen molar-refractivity contribution in [3.05, 3.63) is 77.0 Å². The lowest BCUT2D eigenvalue weighted by atomic mass is 10.2. The molecule has 1 atom stereocenters. The molecule has 10 heteroatoms. The number of rotatable bonds is 7. The summed E-state index contributed by atoms with van der Waals surface area (Å²) in [4.78, 5) is 4.37. The summed E-state index contributed by atoms with van der Waals surface area (Å²) < 4.78 is 38.5. The number of nitrogens with zero attached hydrogens (tertiary/aromatic N) is 2. The van der Waals surface area contributed by atoms with Gasteiger partial charge in [0.15, 0.2) is 6.10 Å². The van der Waals surface area contributed by atoms with Crippen LogP contribution < -0.4 is 9.46 Å². The topological polar surface area (TPSA) is 94.3 Å². The molecular weight excluding hydrogens is 446 g/mol. The van der Waals surface area contributed by atoms with Crippen LogP contribution in [0.4, 0.5) is 5.69 Å². The summed E-state index contributed by atoms with van der Waals surface area (Å²) >= 11 is 7.12. The third-order valence-corrected chi connectivity index (χ3v) is 7.07. The van der Waals surface area contributed by atoms with E-state index in [1.54, 1.807) is 73.0 Å². The zero-order valence-corrected chi connectivity index (χ0v) is 18.0. The quantitative estimate of drug-likeness (QED) is 0.396. The van der Waals surface area contributed by atoms with Crippen LogP contribution in [0.5, 0.6) is 5.75 Å². The fraction of sp³-hybridized carbons (Fsp3) is 0.100. The highest BCUT2D eigenvalue weighted by Crippen LogP contribution is 2.26. The van der Waals surface area contributed by atoms with Gasteiger partial charge in [-0.05, 0) is 60.8 Å². The van der Waals surface area contributed by atoms with Gasteiger partial charge in [-0.25, -0.2) is 8.42 Å². The lowest BCUT2D eigenvalue weighted by Crippen LogP contribution is -2.11. The van der Waals surface area contributed by atoms with Crippen molar-refractivity contribution in [1.29, 1.82) is 0 Å². The fourth-order valence-electron chi connectivity index (χ4n) is 2.62. The van der Waals surface area contributed by atoms with Gasteiger partial charge in [-0.2, -0.15) is 4.98 Å². The molecular formula is C20H16ClN3O4S2. The monoisotopic (exact) mass is 461 g/mol. The summed E-state index contributed by atoms with van der Waals surface area (Å²) in [5.74, 6) is 1.28. The van der Waals surface area contributed by atoms with E-state index < -0.39 is 16.1 Å². The molecule has 30 heavy (non-hydrogen) atoms. The Morgan fingerprint density at radius 2 is 1.93 bits per heavy atom. The standard InChI is InChI=1S/C20H16ClN3O4S2/c1-13(27-17-5-2-4-15(21)12-17)20-22-19(23-28-20)14-7-9-16(10-8-14)24-30(25,26)18-6-3-11-29-18/h2-13,24H,1H3. The van der Waals surface area contributed by atoms with Crippen molar-refractivity contribution >= 4 is 38.6 Å². The van der Waals surface area contributed by atoms with Crippen molar-refractivity contribution in [3.8, 4) is 17.1 Å². The predicted molar refractivity (Wildman–Crippen MR) is 115 cm³/mol. The highest BCUT2D eigenvalue weighted by atomic mass is 35.5. The summed E-state index contributed by atoms with van der Waals surface area (Å²) in [6.45, 7) is 1.79. The van der Waals surface area contributed by atoms with Crippen LogP contribution in [0.25, 0.3) is 11.4 Å². The molecule has 0 saturated heterocycles. The van der Waals surface area contributed by atoms with Gasteiger partial charge in [-0.3, -0.25) is 4.72 Å². The Hall–Kier alpha value is -2.88. The van der Waals surface area contributed by atoms with Gasteiger partial charge in [0.1, 0.15) is 9.96 Å². The number of benzene rings is 2. The number of aromatic nitrogens is 2.